The molecule has 0 bridgehead atoms. The molecule has 0 aromatic carbocycles. The first-order valence-electron chi connectivity index (χ1n) is 23.8. The molecule has 9 N–H and O–H groups in total. The maximum Gasteiger partial charge on any atom is 0.187 e. The van der Waals surface area contributed by atoms with Gasteiger partial charge in [-0.2, -0.15) is 0 Å². The van der Waals surface area contributed by atoms with E-state index in [1.807, 2.05) is 0 Å². The smallest absolute Gasteiger partial charge is 0.187 e. The predicted octanol–water partition coefficient (Wildman–Crippen LogP) is 2.30. The minimum atomic E-state index is -1.79. The van der Waals surface area contributed by atoms with Gasteiger partial charge in [0.25, 0.3) is 0 Å². The fourth-order valence-electron chi connectivity index (χ4n) is 14.8. The highest BCUT2D eigenvalue weighted by Crippen LogP contribution is 2.74. The Morgan fingerprint density at radius 1 is 0.683 bits per heavy atom. The van der Waals surface area contributed by atoms with Crippen LogP contribution >= 0.6 is 0 Å². The lowest BCUT2D eigenvalue weighted by Gasteiger charge is -2.69. The van der Waals surface area contributed by atoms with Gasteiger partial charge in [0, 0.05) is 0 Å². The number of aliphatic hydroxyl groups is 9. The number of aliphatic hydroxyl groups excluding tert-OH is 8. The fraction of sp³-hybridized carbons (Fsp3) is 0.917. The molecule has 3 aliphatic heterocycles. The molecule has 0 aromatic heterocycles. The summed E-state index contributed by atoms with van der Waals surface area (Å²) in [4.78, 5) is 0. The van der Waals surface area contributed by atoms with Gasteiger partial charge in [0.2, 0.25) is 0 Å². The molecule has 0 spiro atoms. The fourth-order valence-corrected chi connectivity index (χ4v) is 14.8. The van der Waals surface area contributed by atoms with E-state index in [1.165, 1.54) is 18.1 Å². The Balaban J connectivity index is 1.08. The topological polar surface area (TPSA) is 237 Å². The van der Waals surface area contributed by atoms with Crippen LogP contribution in [0.5, 0.6) is 0 Å². The third-order valence-corrected chi connectivity index (χ3v) is 19.4. The second kappa shape index (κ2) is 16.8. The summed E-state index contributed by atoms with van der Waals surface area (Å²) in [5.41, 5.74) is 1.07. The van der Waals surface area contributed by atoms with Crippen molar-refractivity contribution in [2.24, 2.45) is 57.2 Å². The number of rotatable bonds is 7. The maximum absolute atomic E-state index is 12.3. The monoisotopic (exact) mass is 895 g/mol. The van der Waals surface area contributed by atoms with Crippen molar-refractivity contribution in [2.45, 2.75) is 205 Å². The third kappa shape index (κ3) is 7.31. The molecule has 15 heteroatoms. The van der Waals surface area contributed by atoms with Crippen molar-refractivity contribution in [2.75, 3.05) is 13.2 Å². The Hall–Kier alpha value is -1.12. The first-order chi connectivity index (χ1) is 29.4. The number of allylic oxidation sites excluding steroid dienone is 3. The van der Waals surface area contributed by atoms with Gasteiger partial charge in [-0.05, 0) is 121 Å². The third-order valence-electron chi connectivity index (χ3n) is 19.4. The van der Waals surface area contributed by atoms with Crippen LogP contribution < -0.4 is 0 Å². The molecule has 8 aliphatic rings. The SMILES string of the molecule is C[C@@H]1[C@@H](C)[C@@](C)(O)C2=C3C=CC4[C@@]5(C)CCC(O[C@@H]6OC[C@H](O)[C@H](O[C@@H]7O[C@H](CO)[C@@H](O)[C@H](O)[C@H]7O)[C@H]6O[C@@H]6O[C@@H](C)[C@@H](O)[C@@H](O)[C@H]6O)C(C)(C)C5CC[C@@]4(C)[C@]3(C)CCC2[C@@H]1C. The van der Waals surface area contributed by atoms with Crippen LogP contribution in [0.25, 0.3) is 0 Å². The van der Waals surface area contributed by atoms with Gasteiger partial charge in [0.15, 0.2) is 18.9 Å². The Kier molecular flexibility index (Phi) is 12.9. The maximum atomic E-state index is 12.3. The van der Waals surface area contributed by atoms with Crippen LogP contribution in [0.2, 0.25) is 0 Å². The van der Waals surface area contributed by atoms with E-state index in [-0.39, 0.29) is 46.7 Å². The van der Waals surface area contributed by atoms with Crippen molar-refractivity contribution < 1.29 is 74.4 Å². The van der Waals surface area contributed by atoms with Gasteiger partial charge in [-0.1, -0.05) is 67.5 Å². The number of hydrogen-bond acceptors (Lipinski definition) is 15. The molecule has 3 saturated heterocycles. The van der Waals surface area contributed by atoms with E-state index in [2.05, 4.69) is 74.5 Å². The summed E-state index contributed by atoms with van der Waals surface area (Å²) in [5.74, 6) is 1.91. The standard InChI is InChI=1S/C48H78O15/c1-21-22(2)25-13-17-46(8)26(32(25)48(10,57)23(21)3)11-12-30-45(7)16-15-31(44(5,6)29(45)14-18-47(30,46)9)61-43-40(63-41-37(55)35(53)33(51)24(4)59-41)39(27(50)20-58-43)62-42-38(56)36(54)34(52)28(19-49)60-42/h11-12,21-25,27-31,33-43,49-57H,13-20H2,1-10H3/t21-,22+,23+,24-,25?,27-,28+,29?,30?,31?,33+,34+,35+,36-,37+,38+,39-,40+,41-,42-,43-,45-,46+,47+,48+/m0/s1. The summed E-state index contributed by atoms with van der Waals surface area (Å²) in [6.07, 6.45) is -10.7. The summed E-state index contributed by atoms with van der Waals surface area (Å²) in [5, 5.41) is 97.7. The van der Waals surface area contributed by atoms with Crippen LogP contribution in [0.15, 0.2) is 23.3 Å². The number of fused-ring (bicyclic) bond motifs is 6. The van der Waals surface area contributed by atoms with Gasteiger partial charge in [-0.3, -0.25) is 0 Å². The largest absolute Gasteiger partial charge is 0.394 e. The van der Waals surface area contributed by atoms with E-state index < -0.39 is 104 Å². The van der Waals surface area contributed by atoms with E-state index >= 15 is 0 Å². The Morgan fingerprint density at radius 2 is 1.32 bits per heavy atom. The minimum absolute atomic E-state index is 0.0532. The molecule has 0 aromatic rings. The number of ether oxygens (including phenoxy) is 6. The molecule has 360 valence electrons. The van der Waals surface area contributed by atoms with Gasteiger partial charge in [0.05, 0.1) is 31.0 Å². The summed E-state index contributed by atoms with van der Waals surface area (Å²) in [6.45, 7) is 21.4. The van der Waals surface area contributed by atoms with Gasteiger partial charge >= 0.3 is 0 Å². The van der Waals surface area contributed by atoms with E-state index in [0.29, 0.717) is 24.2 Å². The normalized spacial score (nSPS) is 56.8. The van der Waals surface area contributed by atoms with E-state index in [4.69, 9.17) is 28.4 Å². The van der Waals surface area contributed by atoms with Crippen LogP contribution in [-0.2, 0) is 28.4 Å². The molecule has 25 atom stereocenters. The van der Waals surface area contributed by atoms with Gasteiger partial charge in [-0.15, -0.1) is 0 Å². The first kappa shape index (κ1) is 48.3. The van der Waals surface area contributed by atoms with Crippen molar-refractivity contribution in [3.63, 3.8) is 0 Å². The van der Waals surface area contributed by atoms with E-state index in [1.54, 1.807) is 0 Å². The van der Waals surface area contributed by atoms with Gasteiger partial charge < -0.3 is 74.4 Å². The van der Waals surface area contributed by atoms with E-state index in [9.17, 15) is 46.0 Å². The molecule has 3 heterocycles. The highest BCUT2D eigenvalue weighted by Gasteiger charge is 2.68. The summed E-state index contributed by atoms with van der Waals surface area (Å²) in [7, 11) is 0. The molecule has 15 nitrogen and oxygen atoms in total. The summed E-state index contributed by atoms with van der Waals surface area (Å²) in [6, 6.07) is 0. The molecule has 8 rings (SSSR count). The molecule has 6 fully saturated rings. The Bertz CT molecular complexity index is 1740. The van der Waals surface area contributed by atoms with Crippen LogP contribution in [-0.4, -0.2) is 157 Å². The molecule has 0 radical (unpaired) electrons. The van der Waals surface area contributed by atoms with E-state index in [0.717, 1.165) is 32.1 Å². The van der Waals surface area contributed by atoms with Crippen molar-refractivity contribution in [3.05, 3.63) is 23.3 Å². The highest BCUT2D eigenvalue weighted by atomic mass is 16.8. The average molecular weight is 895 g/mol. The van der Waals surface area contributed by atoms with Gasteiger partial charge in [0.1, 0.15) is 61.0 Å². The molecule has 63 heavy (non-hydrogen) atoms. The van der Waals surface area contributed by atoms with Gasteiger partial charge in [-0.25, -0.2) is 0 Å². The zero-order valence-corrected chi connectivity index (χ0v) is 38.9. The Morgan fingerprint density at radius 3 is 1.98 bits per heavy atom. The lowest BCUT2D eigenvalue weighted by Crippen LogP contribution is -2.66. The van der Waals surface area contributed by atoms with Crippen LogP contribution in [0.4, 0.5) is 0 Å². The van der Waals surface area contributed by atoms with Crippen LogP contribution in [0.3, 0.4) is 0 Å². The van der Waals surface area contributed by atoms with Crippen molar-refractivity contribution >= 4 is 0 Å². The van der Waals surface area contributed by atoms with Crippen LogP contribution in [0, 0.1) is 57.2 Å². The molecular weight excluding hydrogens is 817 g/mol. The highest BCUT2D eigenvalue weighted by molar-refractivity contribution is 5.47. The quantitative estimate of drug-likeness (QED) is 0.167. The van der Waals surface area contributed by atoms with Crippen molar-refractivity contribution in [1.29, 1.82) is 0 Å². The summed E-state index contributed by atoms with van der Waals surface area (Å²) >= 11 is 0. The molecule has 4 unspecified atom stereocenters. The lowest BCUT2D eigenvalue weighted by atomic mass is 9.35. The molecule has 5 aliphatic carbocycles. The Labute approximate surface area is 372 Å². The molecular formula is C48H78O15. The summed E-state index contributed by atoms with van der Waals surface area (Å²) < 4.78 is 37.2. The second-order valence-electron chi connectivity index (χ2n) is 22.6. The zero-order valence-electron chi connectivity index (χ0n) is 38.9. The second-order valence-corrected chi connectivity index (χ2v) is 22.6. The average Bonchev–Trinajstić information content (AvgIpc) is 3.23. The van der Waals surface area contributed by atoms with Crippen molar-refractivity contribution in [1.82, 2.24) is 0 Å². The molecule has 3 saturated carbocycles. The minimum Gasteiger partial charge on any atom is -0.394 e. The first-order valence-corrected chi connectivity index (χ1v) is 23.8. The zero-order chi connectivity index (χ0) is 46.1. The van der Waals surface area contributed by atoms with Crippen molar-refractivity contribution in [3.8, 4) is 0 Å². The molecule has 0 amide bonds. The predicted molar refractivity (Wildman–Crippen MR) is 227 cm³/mol. The lowest BCUT2D eigenvalue weighted by molar-refractivity contribution is -0.388. The number of hydrogen-bond donors (Lipinski definition) is 9. The van der Waals surface area contributed by atoms with Crippen LogP contribution in [0.1, 0.15) is 108 Å².